The monoisotopic (exact) mass is 487 g/mol. The van der Waals surface area contributed by atoms with Gasteiger partial charge in [0.25, 0.3) is 0 Å². The predicted molar refractivity (Wildman–Crippen MR) is 121 cm³/mol. The molecule has 6 nitrogen and oxygen atoms in total. The van der Waals surface area contributed by atoms with E-state index in [4.69, 9.17) is 14.9 Å². The fourth-order valence-corrected chi connectivity index (χ4v) is 4.14. The van der Waals surface area contributed by atoms with Gasteiger partial charge in [-0.2, -0.15) is 10.2 Å². The Bertz CT molecular complexity index is 1170. The van der Waals surface area contributed by atoms with E-state index >= 15 is 0 Å². The Kier molecular flexibility index (Phi) is 5.85. The molecule has 0 fully saturated rings. The van der Waals surface area contributed by atoms with Gasteiger partial charge in [0.1, 0.15) is 22.8 Å². The van der Waals surface area contributed by atoms with Gasteiger partial charge in [-0.15, -0.1) is 0 Å². The zero-order valence-corrected chi connectivity index (χ0v) is 19.7. The zero-order chi connectivity index (χ0) is 21.3. The molecule has 0 aliphatic heterocycles. The van der Waals surface area contributed by atoms with Crippen LogP contribution < -0.4 is 0 Å². The molecular formula is C21H23BrFN5OSi. The van der Waals surface area contributed by atoms with Crippen LogP contribution in [0.1, 0.15) is 0 Å². The topological polar surface area (TPSA) is 57.2 Å². The van der Waals surface area contributed by atoms with Gasteiger partial charge < -0.3 is 4.74 Å². The van der Waals surface area contributed by atoms with Crippen molar-refractivity contribution in [2.45, 2.75) is 32.4 Å². The van der Waals surface area contributed by atoms with Crippen molar-refractivity contribution in [2.75, 3.05) is 6.61 Å². The minimum Gasteiger partial charge on any atom is -0.360 e. The predicted octanol–water partition coefficient (Wildman–Crippen LogP) is 5.47. The first-order valence-electron chi connectivity index (χ1n) is 9.72. The summed E-state index contributed by atoms with van der Waals surface area (Å²) in [4.78, 5) is 4.29. The lowest BCUT2D eigenvalue weighted by Crippen LogP contribution is -2.22. The lowest BCUT2D eigenvalue weighted by molar-refractivity contribution is 0.0788. The van der Waals surface area contributed by atoms with Crippen molar-refractivity contribution in [3.63, 3.8) is 0 Å². The molecule has 0 spiro atoms. The quantitative estimate of drug-likeness (QED) is 0.256. The highest BCUT2D eigenvalue weighted by Crippen LogP contribution is 2.30. The number of hydrogen-bond donors (Lipinski definition) is 0. The fraction of sp³-hybridized carbons (Fsp3) is 0.286. The molecule has 0 atom stereocenters. The lowest BCUT2D eigenvalue weighted by atomic mass is 10.1. The van der Waals surface area contributed by atoms with Crippen molar-refractivity contribution in [1.29, 1.82) is 0 Å². The second kappa shape index (κ2) is 8.41. The summed E-state index contributed by atoms with van der Waals surface area (Å²) < 4.78 is 23.6. The van der Waals surface area contributed by atoms with Crippen molar-refractivity contribution < 1.29 is 9.13 Å². The molecule has 9 heteroatoms. The van der Waals surface area contributed by atoms with E-state index in [1.165, 1.54) is 12.1 Å². The SMILES string of the molecule is C[Si](C)(C)CCOCn1cc(-c2ccc3ncc(Br)n3n2)c(-c2ccc(F)cc2)n1. The number of halogens is 2. The van der Waals surface area contributed by atoms with Gasteiger partial charge in [0.2, 0.25) is 0 Å². The van der Waals surface area contributed by atoms with Gasteiger partial charge in [0.05, 0.1) is 11.9 Å². The van der Waals surface area contributed by atoms with Gasteiger partial charge >= 0.3 is 0 Å². The van der Waals surface area contributed by atoms with Crippen molar-refractivity contribution in [3.05, 3.63) is 59.2 Å². The molecular weight excluding hydrogens is 465 g/mol. The maximum absolute atomic E-state index is 13.4. The molecule has 30 heavy (non-hydrogen) atoms. The van der Waals surface area contributed by atoms with Crippen LogP contribution in [0.2, 0.25) is 25.7 Å². The molecule has 0 unspecified atom stereocenters. The van der Waals surface area contributed by atoms with Crippen LogP contribution in [0.25, 0.3) is 28.2 Å². The van der Waals surface area contributed by atoms with E-state index in [0.29, 0.717) is 13.3 Å². The van der Waals surface area contributed by atoms with E-state index in [1.54, 1.807) is 27.5 Å². The summed E-state index contributed by atoms with van der Waals surface area (Å²) in [6, 6.07) is 11.2. The maximum atomic E-state index is 13.4. The lowest BCUT2D eigenvalue weighted by Gasteiger charge is -2.15. The molecule has 0 saturated carbocycles. The molecule has 3 aromatic heterocycles. The summed E-state index contributed by atoms with van der Waals surface area (Å²) in [5.74, 6) is -0.281. The number of nitrogens with zero attached hydrogens (tertiary/aromatic N) is 5. The van der Waals surface area contributed by atoms with E-state index in [0.717, 1.165) is 38.8 Å². The molecule has 0 aliphatic carbocycles. The smallest absolute Gasteiger partial charge is 0.154 e. The summed E-state index contributed by atoms with van der Waals surface area (Å²) in [7, 11) is -1.15. The van der Waals surface area contributed by atoms with Crippen molar-refractivity contribution in [1.82, 2.24) is 24.4 Å². The van der Waals surface area contributed by atoms with Gasteiger partial charge in [-0.05, 0) is 58.4 Å². The molecule has 0 N–H and O–H groups in total. The van der Waals surface area contributed by atoms with Crippen molar-refractivity contribution in [2.24, 2.45) is 0 Å². The van der Waals surface area contributed by atoms with Gasteiger partial charge in [0.15, 0.2) is 5.65 Å². The van der Waals surface area contributed by atoms with Crippen LogP contribution >= 0.6 is 15.9 Å². The third-order valence-electron chi connectivity index (χ3n) is 4.70. The van der Waals surface area contributed by atoms with Crippen LogP contribution in [-0.2, 0) is 11.5 Å². The first-order valence-corrected chi connectivity index (χ1v) is 14.2. The Morgan fingerprint density at radius 1 is 1.07 bits per heavy atom. The molecule has 4 aromatic rings. The second-order valence-electron chi connectivity index (χ2n) is 8.36. The van der Waals surface area contributed by atoms with Crippen LogP contribution in [0.5, 0.6) is 0 Å². The molecule has 0 amide bonds. The Morgan fingerprint density at radius 2 is 1.83 bits per heavy atom. The maximum Gasteiger partial charge on any atom is 0.154 e. The van der Waals surface area contributed by atoms with Crippen molar-refractivity contribution in [3.8, 4) is 22.5 Å². The summed E-state index contributed by atoms with van der Waals surface area (Å²) in [5.41, 5.74) is 3.88. The molecule has 4 rings (SSSR count). The van der Waals surface area contributed by atoms with Gasteiger partial charge in [-0.25, -0.2) is 18.6 Å². The Labute approximate surface area is 183 Å². The number of ether oxygens (including phenoxy) is 1. The van der Waals surface area contributed by atoms with Crippen LogP contribution in [0, 0.1) is 5.82 Å². The van der Waals surface area contributed by atoms with Crippen LogP contribution in [0.4, 0.5) is 4.39 Å². The normalized spacial score (nSPS) is 12.0. The van der Waals surface area contributed by atoms with E-state index in [-0.39, 0.29) is 5.82 Å². The number of rotatable bonds is 7. The third kappa shape index (κ3) is 4.68. The van der Waals surface area contributed by atoms with E-state index < -0.39 is 8.07 Å². The van der Waals surface area contributed by atoms with E-state index in [2.05, 4.69) is 40.6 Å². The Hall–Kier alpha value is -2.36. The summed E-state index contributed by atoms with van der Waals surface area (Å²) in [5, 5.41) is 9.41. The van der Waals surface area contributed by atoms with Gasteiger partial charge in [-0.1, -0.05) is 19.6 Å². The highest BCUT2D eigenvalue weighted by Gasteiger charge is 2.17. The van der Waals surface area contributed by atoms with Crippen LogP contribution in [0.15, 0.2) is 53.4 Å². The van der Waals surface area contributed by atoms with Gasteiger partial charge in [-0.3, -0.25) is 0 Å². The minimum atomic E-state index is -1.15. The van der Waals surface area contributed by atoms with E-state index in [9.17, 15) is 4.39 Å². The summed E-state index contributed by atoms with van der Waals surface area (Å²) >= 11 is 3.47. The average molecular weight is 488 g/mol. The molecule has 3 heterocycles. The van der Waals surface area contributed by atoms with Crippen LogP contribution in [0.3, 0.4) is 0 Å². The van der Waals surface area contributed by atoms with Gasteiger partial charge in [0, 0.05) is 32.0 Å². The van der Waals surface area contributed by atoms with Crippen molar-refractivity contribution >= 4 is 29.7 Å². The Morgan fingerprint density at radius 3 is 2.57 bits per heavy atom. The standard InChI is InChI=1S/C21H23BrFN5OSi/c1-30(2,3)11-10-29-14-27-13-17(21(26-27)15-4-6-16(23)7-5-15)18-8-9-20-24-12-19(22)28(20)25-18/h4-9,12-13H,10-11,14H2,1-3H3. The first kappa shape index (κ1) is 20.9. The molecule has 1 aromatic carbocycles. The molecule has 156 valence electrons. The van der Waals surface area contributed by atoms with Crippen LogP contribution in [-0.4, -0.2) is 39.1 Å². The largest absolute Gasteiger partial charge is 0.360 e. The number of aromatic nitrogens is 5. The zero-order valence-electron chi connectivity index (χ0n) is 17.1. The minimum absolute atomic E-state index is 0.281. The molecule has 0 bridgehead atoms. The number of benzene rings is 1. The third-order valence-corrected chi connectivity index (χ3v) is 6.94. The number of imidazole rings is 1. The highest BCUT2D eigenvalue weighted by atomic mass is 79.9. The molecule has 0 aliphatic rings. The second-order valence-corrected chi connectivity index (χ2v) is 14.8. The molecule has 0 radical (unpaired) electrons. The Balaban J connectivity index is 1.68. The first-order chi connectivity index (χ1) is 14.3. The number of hydrogen-bond acceptors (Lipinski definition) is 4. The highest BCUT2D eigenvalue weighted by molar-refractivity contribution is 9.10. The fourth-order valence-electron chi connectivity index (χ4n) is 3.02. The molecule has 0 saturated heterocycles. The number of fused-ring (bicyclic) bond motifs is 1. The average Bonchev–Trinajstić information content (AvgIpc) is 3.29. The van der Waals surface area contributed by atoms with E-state index in [1.807, 2.05) is 18.3 Å². The summed E-state index contributed by atoms with van der Waals surface area (Å²) in [6.07, 6.45) is 3.63. The summed E-state index contributed by atoms with van der Waals surface area (Å²) in [6.45, 7) is 8.04.